The molecule has 3 rings (SSSR count). The van der Waals surface area contributed by atoms with Crippen LogP contribution in [-0.4, -0.2) is 49.1 Å². The fourth-order valence-electron chi connectivity index (χ4n) is 3.24. The van der Waals surface area contributed by atoms with Gasteiger partial charge >= 0.3 is 0 Å². The molecule has 1 N–H and O–H groups in total. The van der Waals surface area contributed by atoms with Crippen molar-refractivity contribution in [2.75, 3.05) is 13.1 Å². The lowest BCUT2D eigenvalue weighted by Gasteiger charge is -2.22. The monoisotopic (exact) mass is 330 g/mol. The Bertz CT molecular complexity index is 736. The quantitative estimate of drug-likeness (QED) is 0.938. The molecular formula is C18H26N4O2. The van der Waals surface area contributed by atoms with E-state index in [1.807, 2.05) is 22.5 Å². The van der Waals surface area contributed by atoms with E-state index in [0.29, 0.717) is 31.0 Å². The molecule has 0 bridgehead atoms. The van der Waals surface area contributed by atoms with E-state index in [-0.39, 0.29) is 5.91 Å². The van der Waals surface area contributed by atoms with Crippen LogP contribution in [0, 0.1) is 5.92 Å². The first-order valence-electron chi connectivity index (χ1n) is 8.68. The summed E-state index contributed by atoms with van der Waals surface area (Å²) in [5.41, 5.74) is 1.47. The molecule has 0 saturated carbocycles. The van der Waals surface area contributed by atoms with Gasteiger partial charge in [0.05, 0.1) is 17.5 Å². The van der Waals surface area contributed by atoms with Gasteiger partial charge in [-0.1, -0.05) is 13.8 Å². The minimum atomic E-state index is -0.674. The number of pyridine rings is 1. The molecule has 1 fully saturated rings. The van der Waals surface area contributed by atoms with E-state index in [4.69, 9.17) is 0 Å². The Morgan fingerprint density at radius 2 is 2.12 bits per heavy atom. The third-order valence-corrected chi connectivity index (χ3v) is 4.62. The number of carbonyl (C=O) groups excluding carboxylic acids is 1. The second-order valence-electron chi connectivity index (χ2n) is 7.50. The Hall–Kier alpha value is -1.95. The maximum Gasteiger partial charge on any atom is 0.255 e. The molecule has 3 heterocycles. The Labute approximate surface area is 142 Å². The van der Waals surface area contributed by atoms with E-state index >= 15 is 0 Å². The largest absolute Gasteiger partial charge is 0.390 e. The maximum atomic E-state index is 12.8. The number of amides is 1. The predicted octanol–water partition coefficient (Wildman–Crippen LogP) is 2.46. The first-order valence-corrected chi connectivity index (χ1v) is 8.68. The number of likely N-dealkylation sites (tertiary alicyclic amines) is 1. The van der Waals surface area contributed by atoms with Gasteiger partial charge in [0, 0.05) is 25.8 Å². The van der Waals surface area contributed by atoms with Gasteiger partial charge in [0.1, 0.15) is 5.52 Å². The lowest BCUT2D eigenvalue weighted by Crippen LogP contribution is -2.33. The van der Waals surface area contributed by atoms with Crippen molar-refractivity contribution in [1.82, 2.24) is 19.4 Å². The summed E-state index contributed by atoms with van der Waals surface area (Å²) in [7, 11) is 0. The van der Waals surface area contributed by atoms with Crippen LogP contribution in [0.3, 0.4) is 0 Å². The van der Waals surface area contributed by atoms with Crippen LogP contribution < -0.4 is 0 Å². The SMILES string of the molecule is CC(C)Cn1cnc2cc(C(=O)N3CCCC(C)(O)CC3)cnc21. The number of rotatable bonds is 3. The van der Waals surface area contributed by atoms with Crippen LogP contribution in [0.2, 0.25) is 0 Å². The molecular weight excluding hydrogens is 304 g/mol. The number of hydrogen-bond donors (Lipinski definition) is 1. The number of hydrogen-bond acceptors (Lipinski definition) is 4. The van der Waals surface area contributed by atoms with Gasteiger partial charge in [0.15, 0.2) is 5.65 Å². The average molecular weight is 330 g/mol. The predicted molar refractivity (Wildman–Crippen MR) is 92.7 cm³/mol. The molecule has 0 aromatic carbocycles. The van der Waals surface area contributed by atoms with E-state index in [0.717, 1.165) is 30.6 Å². The normalized spacial score (nSPS) is 22.1. The van der Waals surface area contributed by atoms with Crippen LogP contribution in [0.5, 0.6) is 0 Å². The summed E-state index contributed by atoms with van der Waals surface area (Å²) < 4.78 is 2.03. The molecule has 1 saturated heterocycles. The van der Waals surface area contributed by atoms with Gasteiger partial charge in [-0.25, -0.2) is 9.97 Å². The van der Waals surface area contributed by atoms with Crippen LogP contribution in [0.15, 0.2) is 18.6 Å². The van der Waals surface area contributed by atoms with Gasteiger partial charge < -0.3 is 14.6 Å². The maximum absolute atomic E-state index is 12.8. The summed E-state index contributed by atoms with van der Waals surface area (Å²) in [5.74, 6) is 0.482. The number of aliphatic hydroxyl groups is 1. The molecule has 6 nitrogen and oxygen atoms in total. The molecule has 0 aliphatic carbocycles. The molecule has 6 heteroatoms. The summed E-state index contributed by atoms with van der Waals surface area (Å²) in [6, 6.07) is 1.82. The summed E-state index contributed by atoms with van der Waals surface area (Å²) in [6.07, 6.45) is 5.59. The first-order chi connectivity index (χ1) is 11.4. The lowest BCUT2D eigenvalue weighted by atomic mass is 9.98. The highest BCUT2D eigenvalue weighted by Gasteiger charge is 2.27. The van der Waals surface area contributed by atoms with E-state index < -0.39 is 5.60 Å². The second kappa shape index (κ2) is 6.51. The molecule has 0 spiro atoms. The van der Waals surface area contributed by atoms with E-state index in [1.165, 1.54) is 0 Å². The first kappa shape index (κ1) is 16.9. The van der Waals surface area contributed by atoms with Crippen LogP contribution in [0.25, 0.3) is 11.2 Å². The zero-order valence-corrected chi connectivity index (χ0v) is 14.7. The topological polar surface area (TPSA) is 71.2 Å². The van der Waals surface area contributed by atoms with Gasteiger partial charge in [0.25, 0.3) is 5.91 Å². The van der Waals surface area contributed by atoms with Gasteiger partial charge in [-0.2, -0.15) is 0 Å². The van der Waals surface area contributed by atoms with Crippen molar-refractivity contribution in [3.63, 3.8) is 0 Å². The molecule has 0 radical (unpaired) electrons. The highest BCUT2D eigenvalue weighted by Crippen LogP contribution is 2.23. The van der Waals surface area contributed by atoms with Crippen molar-refractivity contribution >= 4 is 17.1 Å². The minimum Gasteiger partial charge on any atom is -0.390 e. The number of fused-ring (bicyclic) bond motifs is 1. The van der Waals surface area contributed by atoms with Crippen LogP contribution in [0.1, 0.15) is 50.4 Å². The smallest absolute Gasteiger partial charge is 0.255 e. The number of aromatic nitrogens is 3. The summed E-state index contributed by atoms with van der Waals surface area (Å²) >= 11 is 0. The Kier molecular flexibility index (Phi) is 4.58. The molecule has 2 aromatic rings. The minimum absolute atomic E-state index is 0.0273. The highest BCUT2D eigenvalue weighted by atomic mass is 16.3. The Morgan fingerprint density at radius 1 is 1.33 bits per heavy atom. The molecule has 24 heavy (non-hydrogen) atoms. The summed E-state index contributed by atoms with van der Waals surface area (Å²) in [6.45, 7) is 8.25. The third kappa shape index (κ3) is 3.59. The van der Waals surface area contributed by atoms with Crippen LogP contribution in [0.4, 0.5) is 0 Å². The third-order valence-electron chi connectivity index (χ3n) is 4.62. The van der Waals surface area contributed by atoms with Crippen molar-refractivity contribution in [2.24, 2.45) is 5.92 Å². The average Bonchev–Trinajstić information content (AvgIpc) is 2.81. The van der Waals surface area contributed by atoms with Crippen LogP contribution in [-0.2, 0) is 6.54 Å². The second-order valence-corrected chi connectivity index (χ2v) is 7.50. The number of imidazole rings is 1. The fraction of sp³-hybridized carbons (Fsp3) is 0.611. The molecule has 1 unspecified atom stereocenters. The highest BCUT2D eigenvalue weighted by molar-refractivity contribution is 5.96. The standard InChI is InChI=1S/C18H26N4O2/c1-13(2)11-22-12-20-15-9-14(10-19-16(15)22)17(23)21-7-4-5-18(3,24)6-8-21/h9-10,12-13,24H,4-8,11H2,1-3H3. The van der Waals surface area contributed by atoms with Crippen molar-refractivity contribution < 1.29 is 9.90 Å². The zero-order valence-electron chi connectivity index (χ0n) is 14.7. The van der Waals surface area contributed by atoms with E-state index in [9.17, 15) is 9.90 Å². The molecule has 1 atom stereocenters. The van der Waals surface area contributed by atoms with Crippen molar-refractivity contribution in [3.8, 4) is 0 Å². The van der Waals surface area contributed by atoms with Crippen molar-refractivity contribution in [1.29, 1.82) is 0 Å². The van der Waals surface area contributed by atoms with Gasteiger partial charge in [0.2, 0.25) is 0 Å². The molecule has 130 valence electrons. The molecule has 1 amide bonds. The van der Waals surface area contributed by atoms with Gasteiger partial charge in [-0.15, -0.1) is 0 Å². The Morgan fingerprint density at radius 3 is 2.88 bits per heavy atom. The lowest BCUT2D eigenvalue weighted by molar-refractivity contribution is 0.0438. The molecule has 2 aromatic heterocycles. The fourth-order valence-corrected chi connectivity index (χ4v) is 3.24. The van der Waals surface area contributed by atoms with Crippen molar-refractivity contribution in [3.05, 3.63) is 24.2 Å². The number of carbonyl (C=O) groups is 1. The van der Waals surface area contributed by atoms with E-state index in [1.54, 1.807) is 12.5 Å². The van der Waals surface area contributed by atoms with Gasteiger partial charge in [-0.3, -0.25) is 4.79 Å². The van der Waals surface area contributed by atoms with Crippen LogP contribution >= 0.6 is 0 Å². The Balaban J connectivity index is 1.80. The number of nitrogens with zero attached hydrogens (tertiary/aromatic N) is 4. The molecule has 1 aliphatic rings. The van der Waals surface area contributed by atoms with Gasteiger partial charge in [-0.05, 0) is 38.2 Å². The summed E-state index contributed by atoms with van der Waals surface area (Å²) in [4.78, 5) is 23.4. The zero-order chi connectivity index (χ0) is 17.3. The summed E-state index contributed by atoms with van der Waals surface area (Å²) in [5, 5.41) is 10.2. The van der Waals surface area contributed by atoms with Crippen molar-refractivity contribution in [2.45, 2.75) is 52.2 Å². The van der Waals surface area contributed by atoms with E-state index in [2.05, 4.69) is 23.8 Å². The molecule has 1 aliphatic heterocycles.